The number of carbonyl (C=O) groups excluding carboxylic acids is 1. The molecule has 9 heteroatoms. The quantitative estimate of drug-likeness (QED) is 0.0274. The summed E-state index contributed by atoms with van der Waals surface area (Å²) in [6, 6.07) is -0.914. The number of phosphoric acid groups is 1. The van der Waals surface area contributed by atoms with Crippen LogP contribution in [0.1, 0.15) is 213 Å². The van der Waals surface area contributed by atoms with Gasteiger partial charge in [0.2, 0.25) is 5.91 Å². The van der Waals surface area contributed by atoms with Gasteiger partial charge in [-0.25, -0.2) is 0 Å². The van der Waals surface area contributed by atoms with Crippen molar-refractivity contribution < 1.29 is 32.9 Å². The Labute approximate surface area is 365 Å². The van der Waals surface area contributed by atoms with E-state index in [9.17, 15) is 19.4 Å². The lowest BCUT2D eigenvalue weighted by Gasteiger charge is -2.29. The zero-order valence-corrected chi connectivity index (χ0v) is 40.1. The number of likely N-dealkylation sites (N-methyl/N-ethyl adjacent to an activating group) is 1. The number of rotatable bonds is 44. The summed E-state index contributed by atoms with van der Waals surface area (Å²) in [6.45, 7) is 4.61. The van der Waals surface area contributed by atoms with Gasteiger partial charge in [-0.1, -0.05) is 184 Å². The predicted octanol–water partition coefficient (Wildman–Crippen LogP) is 13.4. The molecule has 3 atom stereocenters. The molecule has 59 heavy (non-hydrogen) atoms. The van der Waals surface area contributed by atoms with Crippen LogP contribution in [0.15, 0.2) is 48.6 Å². The molecule has 8 nitrogen and oxygen atoms in total. The summed E-state index contributed by atoms with van der Waals surface area (Å²) in [6.07, 6.45) is 53.1. The number of nitrogens with zero attached hydrogens (tertiary/aromatic N) is 1. The van der Waals surface area contributed by atoms with Crippen molar-refractivity contribution >= 4 is 13.7 Å². The fraction of sp³-hybridized carbons (Fsp3) is 0.820. The van der Waals surface area contributed by atoms with Crippen molar-refractivity contribution in [3.63, 3.8) is 0 Å². The number of unbranched alkanes of at least 4 members (excludes halogenated alkanes) is 25. The number of aliphatic hydroxyl groups is 1. The Bertz CT molecular complexity index is 1100. The first-order chi connectivity index (χ1) is 28.5. The number of nitrogens with one attached hydrogen (secondary N) is 1. The Morgan fingerprint density at radius 2 is 0.949 bits per heavy atom. The first-order valence-corrected chi connectivity index (χ1v) is 26.0. The van der Waals surface area contributed by atoms with Crippen molar-refractivity contribution in [1.29, 1.82) is 0 Å². The number of hydrogen-bond donors (Lipinski definition) is 2. The molecular formula is C50H95N2O6P. The van der Waals surface area contributed by atoms with Gasteiger partial charge in [-0.15, -0.1) is 0 Å². The van der Waals surface area contributed by atoms with E-state index in [2.05, 4.69) is 55.6 Å². The second-order valence-electron chi connectivity index (χ2n) is 17.8. The smallest absolute Gasteiger partial charge is 0.268 e. The lowest BCUT2D eigenvalue weighted by molar-refractivity contribution is -0.870. The summed E-state index contributed by atoms with van der Waals surface area (Å²) in [4.78, 5) is 25.3. The summed E-state index contributed by atoms with van der Waals surface area (Å²) < 4.78 is 23.2. The van der Waals surface area contributed by atoms with Crippen LogP contribution >= 0.6 is 7.82 Å². The number of quaternary nitrogens is 1. The molecule has 0 aromatic carbocycles. The second-order valence-corrected chi connectivity index (χ2v) is 19.2. The van der Waals surface area contributed by atoms with Gasteiger partial charge in [-0.2, -0.15) is 0 Å². The second kappa shape index (κ2) is 41.8. The first-order valence-electron chi connectivity index (χ1n) is 24.5. The highest BCUT2D eigenvalue weighted by Gasteiger charge is 2.23. The van der Waals surface area contributed by atoms with Gasteiger partial charge in [-0.05, 0) is 70.6 Å². The summed E-state index contributed by atoms with van der Waals surface area (Å²) >= 11 is 0. The number of aliphatic hydroxyl groups excluding tert-OH is 1. The van der Waals surface area contributed by atoms with E-state index in [1.807, 2.05) is 27.2 Å². The third-order valence-electron chi connectivity index (χ3n) is 10.7. The molecule has 346 valence electrons. The lowest BCUT2D eigenvalue weighted by atomic mass is 10.1. The van der Waals surface area contributed by atoms with Crippen molar-refractivity contribution in [2.45, 2.75) is 225 Å². The summed E-state index contributed by atoms with van der Waals surface area (Å²) in [5, 5.41) is 13.8. The van der Waals surface area contributed by atoms with Crippen LogP contribution in [0, 0.1) is 0 Å². The van der Waals surface area contributed by atoms with Crippen molar-refractivity contribution in [2.24, 2.45) is 0 Å². The highest BCUT2D eigenvalue weighted by molar-refractivity contribution is 7.45. The predicted molar refractivity (Wildman–Crippen MR) is 251 cm³/mol. The Balaban J connectivity index is 4.45. The van der Waals surface area contributed by atoms with Crippen molar-refractivity contribution in [3.05, 3.63) is 48.6 Å². The Kier molecular flexibility index (Phi) is 40.7. The molecule has 0 saturated carbocycles. The summed E-state index contributed by atoms with van der Waals surface area (Å²) in [5.41, 5.74) is 0. The molecule has 0 aromatic heterocycles. The SMILES string of the molecule is CCCCCCCCC/C=C\CCCCCCCC(=O)NC(COP(=O)([O-])OCC[N+](C)(C)C)C(O)/C=C/CC/C=C/CC/C=C/CCCCCCCCCCCCC. The van der Waals surface area contributed by atoms with Gasteiger partial charge in [0.05, 0.1) is 39.9 Å². The largest absolute Gasteiger partial charge is 0.756 e. The van der Waals surface area contributed by atoms with Gasteiger partial charge in [0.25, 0.3) is 7.82 Å². The average Bonchev–Trinajstić information content (AvgIpc) is 3.19. The van der Waals surface area contributed by atoms with Crippen molar-refractivity contribution in [1.82, 2.24) is 5.32 Å². The monoisotopic (exact) mass is 851 g/mol. The molecule has 0 fully saturated rings. The van der Waals surface area contributed by atoms with Gasteiger partial charge in [0, 0.05) is 6.42 Å². The highest BCUT2D eigenvalue weighted by Crippen LogP contribution is 2.38. The average molecular weight is 851 g/mol. The van der Waals surface area contributed by atoms with Crippen LogP contribution in [0.4, 0.5) is 0 Å². The molecule has 0 radical (unpaired) electrons. The number of carbonyl (C=O) groups is 1. The Morgan fingerprint density at radius 1 is 0.576 bits per heavy atom. The molecular weight excluding hydrogens is 756 g/mol. The minimum atomic E-state index is -4.60. The van der Waals surface area contributed by atoms with Crippen molar-refractivity contribution in [2.75, 3.05) is 40.9 Å². The third kappa shape index (κ3) is 44.3. The summed E-state index contributed by atoms with van der Waals surface area (Å²) in [5.74, 6) is -0.221. The van der Waals surface area contributed by atoms with Crippen LogP contribution in [0.5, 0.6) is 0 Å². The van der Waals surface area contributed by atoms with Crippen molar-refractivity contribution in [3.8, 4) is 0 Å². The van der Waals surface area contributed by atoms with Crippen LogP contribution in [0.2, 0.25) is 0 Å². The molecule has 0 aliphatic heterocycles. The van der Waals surface area contributed by atoms with E-state index >= 15 is 0 Å². The molecule has 0 aliphatic carbocycles. The fourth-order valence-corrected chi connectivity index (χ4v) is 7.55. The van der Waals surface area contributed by atoms with Crippen LogP contribution in [-0.4, -0.2) is 68.5 Å². The maximum Gasteiger partial charge on any atom is 0.268 e. The zero-order chi connectivity index (χ0) is 43.6. The first kappa shape index (κ1) is 57.5. The maximum atomic E-state index is 12.9. The number of phosphoric ester groups is 1. The standard InChI is InChI=1S/C50H95N2O6P/c1-6-8-10-12-14-16-18-20-22-24-25-26-27-28-29-31-33-35-37-39-41-43-49(53)48(47-58-59(55,56)57-46-45-52(3,4)5)51-50(54)44-42-40-38-36-34-32-30-23-21-19-17-15-13-11-9-7-2/h23,27-28,30,33,35,41,43,48-49,53H,6-22,24-26,29,31-32,34,36-40,42,44-47H2,1-5H3,(H-,51,54,55,56)/b28-27+,30-23-,35-33+,43-41+. The molecule has 2 N–H and O–H groups in total. The van der Waals surface area contributed by atoms with E-state index in [-0.39, 0.29) is 12.5 Å². The number of allylic oxidation sites excluding steroid dienone is 7. The van der Waals surface area contributed by atoms with Gasteiger partial charge < -0.3 is 28.8 Å². The normalized spacial score (nSPS) is 14.6. The summed E-state index contributed by atoms with van der Waals surface area (Å²) in [7, 11) is 1.23. The van der Waals surface area contributed by atoms with Gasteiger partial charge in [-0.3, -0.25) is 9.36 Å². The molecule has 0 bridgehead atoms. The van der Waals surface area contributed by atoms with E-state index in [4.69, 9.17) is 9.05 Å². The highest BCUT2D eigenvalue weighted by atomic mass is 31.2. The molecule has 0 rings (SSSR count). The van der Waals surface area contributed by atoms with E-state index < -0.39 is 26.6 Å². The molecule has 1 amide bonds. The van der Waals surface area contributed by atoms with Crippen LogP contribution in [-0.2, 0) is 18.4 Å². The molecule has 0 aromatic rings. The molecule has 0 heterocycles. The molecule has 0 spiro atoms. The number of amides is 1. The van der Waals surface area contributed by atoms with Gasteiger partial charge >= 0.3 is 0 Å². The fourth-order valence-electron chi connectivity index (χ4n) is 6.83. The molecule has 3 unspecified atom stereocenters. The lowest BCUT2D eigenvalue weighted by Crippen LogP contribution is -2.45. The van der Waals surface area contributed by atoms with Gasteiger partial charge in [0.15, 0.2) is 0 Å². The Morgan fingerprint density at radius 3 is 1.37 bits per heavy atom. The van der Waals surface area contributed by atoms with E-state index in [1.54, 1.807) is 6.08 Å². The van der Waals surface area contributed by atoms with Crippen LogP contribution in [0.3, 0.4) is 0 Å². The van der Waals surface area contributed by atoms with Gasteiger partial charge in [0.1, 0.15) is 13.2 Å². The molecule has 0 saturated heterocycles. The van der Waals surface area contributed by atoms with E-state index in [0.29, 0.717) is 17.4 Å². The topological polar surface area (TPSA) is 108 Å². The number of hydrogen-bond acceptors (Lipinski definition) is 6. The molecule has 0 aliphatic rings. The van der Waals surface area contributed by atoms with E-state index in [0.717, 1.165) is 64.2 Å². The van der Waals surface area contributed by atoms with E-state index in [1.165, 1.54) is 128 Å². The van der Waals surface area contributed by atoms with Crippen LogP contribution < -0.4 is 10.2 Å². The maximum absolute atomic E-state index is 12.9. The minimum absolute atomic E-state index is 0.0114. The van der Waals surface area contributed by atoms with Crippen LogP contribution in [0.25, 0.3) is 0 Å². The minimum Gasteiger partial charge on any atom is -0.756 e. The third-order valence-corrected chi connectivity index (χ3v) is 11.7. The Hall–Kier alpha value is -1.54. The zero-order valence-electron chi connectivity index (χ0n) is 39.2.